The Hall–Kier alpha value is -2.40. The maximum Gasteiger partial charge on any atom is 0.315 e. The topological polar surface area (TPSA) is 59.6 Å². The van der Waals surface area contributed by atoms with E-state index in [9.17, 15) is 4.79 Å². The van der Waals surface area contributed by atoms with Crippen LogP contribution in [0.25, 0.3) is 0 Å². The van der Waals surface area contributed by atoms with E-state index in [-0.39, 0.29) is 6.03 Å². The molecule has 0 aliphatic heterocycles. The number of urea groups is 1. The number of halogens is 1. The number of ether oxygens (including phenoxy) is 2. The largest absolute Gasteiger partial charge is 0.497 e. The number of unbranched alkanes of at least 4 members (excludes halogenated alkanes) is 1. The highest BCUT2D eigenvalue weighted by molar-refractivity contribution is 6.30. The van der Waals surface area contributed by atoms with Crippen LogP contribution in [0.5, 0.6) is 11.5 Å². The Morgan fingerprint density at radius 1 is 0.960 bits per heavy atom. The summed E-state index contributed by atoms with van der Waals surface area (Å²) in [6.45, 7) is 1.70. The molecule has 0 atom stereocenters. The average molecular weight is 363 g/mol. The van der Waals surface area contributed by atoms with Crippen LogP contribution in [-0.4, -0.2) is 26.3 Å². The van der Waals surface area contributed by atoms with Crippen molar-refractivity contribution in [3.8, 4) is 11.5 Å². The smallest absolute Gasteiger partial charge is 0.315 e. The molecule has 2 aromatic rings. The van der Waals surface area contributed by atoms with Crippen molar-refractivity contribution < 1.29 is 14.3 Å². The second kappa shape index (κ2) is 10.5. The maximum absolute atomic E-state index is 11.7. The van der Waals surface area contributed by atoms with E-state index in [0.29, 0.717) is 24.7 Å². The monoisotopic (exact) mass is 362 g/mol. The summed E-state index contributed by atoms with van der Waals surface area (Å²) in [6, 6.07) is 14.7. The van der Waals surface area contributed by atoms with Crippen molar-refractivity contribution >= 4 is 17.6 Å². The lowest BCUT2D eigenvalue weighted by Gasteiger charge is -2.09. The van der Waals surface area contributed by atoms with Gasteiger partial charge in [-0.15, -0.1) is 0 Å². The fourth-order valence-corrected chi connectivity index (χ4v) is 2.26. The van der Waals surface area contributed by atoms with Gasteiger partial charge in [-0.05, 0) is 54.8 Å². The molecule has 0 aliphatic rings. The van der Waals surface area contributed by atoms with E-state index < -0.39 is 0 Å². The van der Waals surface area contributed by atoms with Crippen LogP contribution in [0, 0.1) is 0 Å². The minimum Gasteiger partial charge on any atom is -0.497 e. The predicted octanol–water partition coefficient (Wildman–Crippen LogP) is 4.01. The van der Waals surface area contributed by atoms with Gasteiger partial charge in [-0.25, -0.2) is 4.79 Å². The van der Waals surface area contributed by atoms with Gasteiger partial charge in [0.05, 0.1) is 13.7 Å². The van der Waals surface area contributed by atoms with Gasteiger partial charge in [0.25, 0.3) is 0 Å². The Balaban J connectivity index is 1.52. The first-order valence-corrected chi connectivity index (χ1v) is 8.58. The van der Waals surface area contributed by atoms with E-state index in [1.54, 1.807) is 19.2 Å². The van der Waals surface area contributed by atoms with Gasteiger partial charge in [-0.2, -0.15) is 0 Å². The minimum atomic E-state index is -0.172. The van der Waals surface area contributed by atoms with Gasteiger partial charge in [0.1, 0.15) is 11.5 Å². The zero-order chi connectivity index (χ0) is 17.9. The first kappa shape index (κ1) is 18.9. The van der Waals surface area contributed by atoms with Crippen LogP contribution >= 0.6 is 11.6 Å². The third-order valence-electron chi connectivity index (χ3n) is 3.55. The van der Waals surface area contributed by atoms with Crippen LogP contribution in [0.15, 0.2) is 48.5 Å². The van der Waals surface area contributed by atoms with E-state index >= 15 is 0 Å². The highest BCUT2D eigenvalue weighted by atomic mass is 35.5. The van der Waals surface area contributed by atoms with Crippen molar-refractivity contribution in [2.24, 2.45) is 0 Å². The van der Waals surface area contributed by atoms with Gasteiger partial charge in [-0.1, -0.05) is 23.7 Å². The van der Waals surface area contributed by atoms with Crippen molar-refractivity contribution in [1.29, 1.82) is 0 Å². The van der Waals surface area contributed by atoms with E-state index in [1.165, 1.54) is 0 Å². The molecular weight excluding hydrogens is 340 g/mol. The second-order valence-electron chi connectivity index (χ2n) is 5.47. The zero-order valence-electron chi connectivity index (χ0n) is 14.3. The van der Waals surface area contributed by atoms with E-state index in [2.05, 4.69) is 10.6 Å². The number of carbonyl (C=O) groups excluding carboxylic acids is 1. The number of benzene rings is 2. The molecule has 25 heavy (non-hydrogen) atoms. The molecule has 2 aromatic carbocycles. The molecule has 2 amide bonds. The molecule has 0 saturated heterocycles. The number of nitrogens with one attached hydrogen (secondary N) is 2. The Morgan fingerprint density at radius 2 is 1.64 bits per heavy atom. The molecule has 0 aromatic heterocycles. The summed E-state index contributed by atoms with van der Waals surface area (Å²) in [5, 5.41) is 6.35. The number of hydrogen-bond acceptors (Lipinski definition) is 3. The maximum atomic E-state index is 11.7. The summed E-state index contributed by atoms with van der Waals surface area (Å²) in [5.41, 5.74) is 1.02. The van der Waals surface area contributed by atoms with E-state index in [0.717, 1.165) is 29.9 Å². The van der Waals surface area contributed by atoms with Crippen LogP contribution in [0.3, 0.4) is 0 Å². The van der Waals surface area contributed by atoms with Crippen LogP contribution in [0.2, 0.25) is 5.02 Å². The van der Waals surface area contributed by atoms with Crippen molar-refractivity contribution in [2.75, 3.05) is 20.3 Å². The molecule has 0 fully saturated rings. The van der Waals surface area contributed by atoms with Crippen molar-refractivity contribution in [2.45, 2.75) is 19.4 Å². The lowest BCUT2D eigenvalue weighted by Crippen LogP contribution is -2.35. The van der Waals surface area contributed by atoms with Crippen molar-refractivity contribution in [1.82, 2.24) is 10.6 Å². The Kier molecular flexibility index (Phi) is 7.92. The predicted molar refractivity (Wildman–Crippen MR) is 99.4 cm³/mol. The van der Waals surface area contributed by atoms with Gasteiger partial charge >= 0.3 is 6.03 Å². The molecule has 5 nitrogen and oxygen atoms in total. The number of methoxy groups -OCH3 is 1. The molecule has 2 rings (SSSR count). The molecule has 0 radical (unpaired) electrons. The molecule has 0 spiro atoms. The summed E-state index contributed by atoms with van der Waals surface area (Å²) >= 11 is 5.81. The molecule has 0 unspecified atom stereocenters. The molecule has 134 valence electrons. The molecule has 0 bridgehead atoms. The highest BCUT2D eigenvalue weighted by Crippen LogP contribution is 2.15. The Morgan fingerprint density at radius 3 is 2.32 bits per heavy atom. The van der Waals surface area contributed by atoms with Gasteiger partial charge in [-0.3, -0.25) is 0 Å². The number of hydrogen-bond donors (Lipinski definition) is 2. The minimum absolute atomic E-state index is 0.172. The van der Waals surface area contributed by atoms with E-state index in [1.807, 2.05) is 36.4 Å². The van der Waals surface area contributed by atoms with Crippen LogP contribution < -0.4 is 20.1 Å². The fraction of sp³-hybridized carbons (Fsp3) is 0.316. The van der Waals surface area contributed by atoms with Gasteiger partial charge < -0.3 is 20.1 Å². The lowest BCUT2D eigenvalue weighted by molar-refractivity contribution is 0.239. The molecule has 2 N–H and O–H groups in total. The standard InChI is InChI=1S/C19H23ClN2O3/c1-24-17-8-4-15(5-9-17)14-22-19(23)21-12-2-3-13-25-18-10-6-16(20)7-11-18/h4-11H,2-3,12-14H2,1H3,(H2,21,22,23). The summed E-state index contributed by atoms with van der Waals surface area (Å²) in [4.78, 5) is 11.7. The Bertz CT molecular complexity index is 645. The third kappa shape index (κ3) is 7.35. The average Bonchev–Trinajstić information content (AvgIpc) is 2.64. The summed E-state index contributed by atoms with van der Waals surface area (Å²) < 4.78 is 10.7. The van der Waals surface area contributed by atoms with Crippen LogP contribution in [0.4, 0.5) is 4.79 Å². The van der Waals surface area contributed by atoms with Crippen LogP contribution in [0.1, 0.15) is 18.4 Å². The first-order valence-electron chi connectivity index (χ1n) is 8.20. The van der Waals surface area contributed by atoms with Gasteiger partial charge in [0.2, 0.25) is 0 Å². The Labute approximate surface area is 153 Å². The highest BCUT2D eigenvalue weighted by Gasteiger charge is 2.01. The third-order valence-corrected chi connectivity index (χ3v) is 3.80. The zero-order valence-corrected chi connectivity index (χ0v) is 15.0. The molecule has 0 aliphatic carbocycles. The molecule has 0 saturated carbocycles. The molecular formula is C19H23ClN2O3. The normalized spacial score (nSPS) is 10.2. The molecule has 0 heterocycles. The number of carbonyl (C=O) groups is 1. The summed E-state index contributed by atoms with van der Waals surface area (Å²) in [5.74, 6) is 1.60. The van der Waals surface area contributed by atoms with Crippen molar-refractivity contribution in [3.63, 3.8) is 0 Å². The first-order chi connectivity index (χ1) is 12.2. The van der Waals surface area contributed by atoms with Crippen molar-refractivity contribution in [3.05, 3.63) is 59.1 Å². The molecule has 6 heteroatoms. The van der Waals surface area contributed by atoms with Gasteiger partial charge in [0, 0.05) is 18.1 Å². The SMILES string of the molecule is COc1ccc(CNC(=O)NCCCCOc2ccc(Cl)cc2)cc1. The van der Waals surface area contributed by atoms with E-state index in [4.69, 9.17) is 21.1 Å². The second-order valence-corrected chi connectivity index (χ2v) is 5.90. The summed E-state index contributed by atoms with van der Waals surface area (Å²) in [7, 11) is 1.63. The summed E-state index contributed by atoms with van der Waals surface area (Å²) in [6.07, 6.45) is 1.71. The lowest BCUT2D eigenvalue weighted by atomic mass is 10.2. The number of amides is 2. The number of rotatable bonds is 9. The fourth-order valence-electron chi connectivity index (χ4n) is 2.14. The quantitative estimate of drug-likeness (QED) is 0.663. The van der Waals surface area contributed by atoms with Crippen LogP contribution in [-0.2, 0) is 6.54 Å². The van der Waals surface area contributed by atoms with Gasteiger partial charge in [0.15, 0.2) is 0 Å².